The van der Waals surface area contributed by atoms with E-state index < -0.39 is 21.0 Å². The van der Waals surface area contributed by atoms with E-state index in [2.05, 4.69) is 29.2 Å². The molecular formula is C24H26N4O5S. The SMILES string of the molecule is CCC(CC)c1ccccc1NS(=O)(=O)c1ccc(NC(=O)Nc2ccc([N+](=O)[O-])cc2)cc1. The molecule has 0 aliphatic heterocycles. The summed E-state index contributed by atoms with van der Waals surface area (Å²) in [5, 5.41) is 15.9. The normalized spacial score (nSPS) is 11.1. The van der Waals surface area contributed by atoms with Crippen LogP contribution in [-0.4, -0.2) is 19.4 Å². The van der Waals surface area contributed by atoms with Crippen molar-refractivity contribution in [2.45, 2.75) is 37.5 Å². The number of carbonyl (C=O) groups is 1. The molecule has 0 heterocycles. The predicted molar refractivity (Wildman–Crippen MR) is 133 cm³/mol. The molecule has 3 aromatic carbocycles. The van der Waals surface area contributed by atoms with Gasteiger partial charge in [-0.1, -0.05) is 32.0 Å². The number of nitrogens with zero attached hydrogens (tertiary/aromatic N) is 1. The van der Waals surface area contributed by atoms with Gasteiger partial charge in [-0.3, -0.25) is 14.8 Å². The Morgan fingerprint density at radius 2 is 1.41 bits per heavy atom. The van der Waals surface area contributed by atoms with E-state index in [0.29, 0.717) is 17.1 Å². The first-order valence-electron chi connectivity index (χ1n) is 10.8. The quantitative estimate of drug-likeness (QED) is 0.256. The van der Waals surface area contributed by atoms with Gasteiger partial charge in [-0.15, -0.1) is 0 Å². The van der Waals surface area contributed by atoms with Crippen molar-refractivity contribution < 1.29 is 18.1 Å². The lowest BCUT2D eigenvalue weighted by molar-refractivity contribution is -0.384. The minimum absolute atomic E-state index is 0.0631. The van der Waals surface area contributed by atoms with Crippen LogP contribution in [0.4, 0.5) is 27.5 Å². The van der Waals surface area contributed by atoms with Crippen LogP contribution in [0.15, 0.2) is 77.7 Å². The number of non-ortho nitro benzene ring substituents is 1. The molecule has 0 spiro atoms. The Hall–Kier alpha value is -3.92. The molecule has 2 amide bonds. The largest absolute Gasteiger partial charge is 0.323 e. The van der Waals surface area contributed by atoms with E-state index in [0.717, 1.165) is 18.4 Å². The highest BCUT2D eigenvalue weighted by molar-refractivity contribution is 7.92. The van der Waals surface area contributed by atoms with Crippen molar-refractivity contribution in [1.29, 1.82) is 0 Å². The average molecular weight is 483 g/mol. The molecule has 34 heavy (non-hydrogen) atoms. The number of benzene rings is 3. The van der Waals surface area contributed by atoms with Gasteiger partial charge in [0, 0.05) is 23.5 Å². The van der Waals surface area contributed by atoms with Crippen molar-refractivity contribution in [1.82, 2.24) is 0 Å². The fourth-order valence-electron chi connectivity index (χ4n) is 3.56. The Balaban J connectivity index is 1.68. The van der Waals surface area contributed by atoms with Crippen LogP contribution in [0, 0.1) is 10.1 Å². The highest BCUT2D eigenvalue weighted by Crippen LogP contribution is 2.31. The Morgan fingerprint density at radius 3 is 1.94 bits per heavy atom. The summed E-state index contributed by atoms with van der Waals surface area (Å²) in [5.74, 6) is 0.250. The maximum absolute atomic E-state index is 12.9. The van der Waals surface area contributed by atoms with Gasteiger partial charge in [0.2, 0.25) is 0 Å². The highest BCUT2D eigenvalue weighted by atomic mass is 32.2. The summed E-state index contributed by atoms with van der Waals surface area (Å²) in [5.41, 5.74) is 2.19. The summed E-state index contributed by atoms with van der Waals surface area (Å²) in [4.78, 5) is 22.4. The zero-order valence-corrected chi connectivity index (χ0v) is 19.6. The van der Waals surface area contributed by atoms with Crippen molar-refractivity contribution >= 4 is 38.8 Å². The minimum Gasteiger partial charge on any atom is -0.308 e. The summed E-state index contributed by atoms with van der Waals surface area (Å²) in [6.07, 6.45) is 1.80. The van der Waals surface area contributed by atoms with Gasteiger partial charge in [0.25, 0.3) is 15.7 Å². The Morgan fingerprint density at radius 1 is 0.882 bits per heavy atom. The number of nitro benzene ring substituents is 1. The number of nitrogens with one attached hydrogen (secondary N) is 3. The molecule has 3 N–H and O–H groups in total. The molecule has 0 atom stereocenters. The van der Waals surface area contributed by atoms with Gasteiger partial charge in [0.05, 0.1) is 15.5 Å². The van der Waals surface area contributed by atoms with Crippen LogP contribution in [0.2, 0.25) is 0 Å². The van der Waals surface area contributed by atoms with Crippen LogP contribution in [-0.2, 0) is 10.0 Å². The molecule has 0 saturated heterocycles. The standard InChI is InChI=1S/C24H26N4O5S/c1-3-17(4-2)22-7-5-6-8-23(22)27-34(32,33)21-15-11-19(12-16-21)26-24(29)25-18-9-13-20(14-10-18)28(30)31/h5-17,27H,3-4H2,1-2H3,(H2,25,26,29). The number of urea groups is 1. The number of anilines is 3. The van der Waals surface area contributed by atoms with Gasteiger partial charge in [0.1, 0.15) is 0 Å². The predicted octanol–water partition coefficient (Wildman–Crippen LogP) is 5.94. The maximum atomic E-state index is 12.9. The topological polar surface area (TPSA) is 130 Å². The molecule has 3 rings (SSSR count). The number of hydrogen-bond donors (Lipinski definition) is 3. The monoisotopic (exact) mass is 482 g/mol. The fraction of sp³-hybridized carbons (Fsp3) is 0.208. The highest BCUT2D eigenvalue weighted by Gasteiger charge is 2.19. The molecule has 0 unspecified atom stereocenters. The van der Waals surface area contributed by atoms with Crippen LogP contribution in [0.5, 0.6) is 0 Å². The van der Waals surface area contributed by atoms with Crippen molar-refractivity contribution in [3.05, 3.63) is 88.5 Å². The molecule has 0 fully saturated rings. The fourth-order valence-corrected chi connectivity index (χ4v) is 4.64. The van der Waals surface area contributed by atoms with E-state index >= 15 is 0 Å². The summed E-state index contributed by atoms with van der Waals surface area (Å²) in [7, 11) is -3.82. The van der Waals surface area contributed by atoms with Gasteiger partial charge in [-0.05, 0) is 66.8 Å². The Labute approximate surface area is 198 Å². The van der Waals surface area contributed by atoms with Gasteiger partial charge in [-0.2, -0.15) is 0 Å². The number of sulfonamides is 1. The Bertz CT molecular complexity index is 1260. The summed E-state index contributed by atoms with van der Waals surface area (Å²) < 4.78 is 28.6. The zero-order valence-electron chi connectivity index (χ0n) is 18.8. The number of para-hydroxylation sites is 1. The van der Waals surface area contributed by atoms with E-state index in [-0.39, 0.29) is 16.5 Å². The molecule has 3 aromatic rings. The Kier molecular flexibility index (Phi) is 7.85. The first kappa shape index (κ1) is 24.7. The van der Waals surface area contributed by atoms with Crippen LogP contribution in [0.3, 0.4) is 0 Å². The third kappa shape index (κ3) is 6.10. The third-order valence-electron chi connectivity index (χ3n) is 5.39. The molecule has 0 saturated carbocycles. The van der Waals surface area contributed by atoms with Crippen LogP contribution in [0.1, 0.15) is 38.2 Å². The molecule has 0 aliphatic rings. The van der Waals surface area contributed by atoms with Gasteiger partial charge >= 0.3 is 6.03 Å². The molecule has 0 radical (unpaired) electrons. The van der Waals surface area contributed by atoms with Crippen molar-refractivity contribution in [3.63, 3.8) is 0 Å². The number of hydrogen-bond acceptors (Lipinski definition) is 5. The molecule has 178 valence electrons. The lowest BCUT2D eigenvalue weighted by Gasteiger charge is -2.18. The first-order valence-corrected chi connectivity index (χ1v) is 12.3. The third-order valence-corrected chi connectivity index (χ3v) is 6.77. The van der Waals surface area contributed by atoms with E-state index in [1.165, 1.54) is 48.5 Å². The van der Waals surface area contributed by atoms with E-state index in [1.54, 1.807) is 12.1 Å². The van der Waals surface area contributed by atoms with E-state index in [9.17, 15) is 23.3 Å². The first-order chi connectivity index (χ1) is 16.2. The lowest BCUT2D eigenvalue weighted by Crippen LogP contribution is -2.19. The van der Waals surface area contributed by atoms with Gasteiger partial charge < -0.3 is 10.6 Å². The molecule has 0 aliphatic carbocycles. The number of carbonyl (C=O) groups excluding carboxylic acids is 1. The second-order valence-corrected chi connectivity index (χ2v) is 9.30. The lowest BCUT2D eigenvalue weighted by atomic mass is 9.93. The number of rotatable bonds is 9. The second-order valence-electron chi connectivity index (χ2n) is 7.61. The zero-order chi connectivity index (χ0) is 24.7. The average Bonchev–Trinajstić information content (AvgIpc) is 2.81. The summed E-state index contributed by atoms with van der Waals surface area (Å²) in [6, 6.07) is 18.0. The minimum atomic E-state index is -3.82. The van der Waals surface area contributed by atoms with Crippen LogP contribution in [0.25, 0.3) is 0 Å². The summed E-state index contributed by atoms with van der Waals surface area (Å²) >= 11 is 0. The molecule has 10 heteroatoms. The number of nitro groups is 1. The number of amides is 2. The summed E-state index contributed by atoms with van der Waals surface area (Å²) in [6.45, 7) is 4.14. The second kappa shape index (κ2) is 10.8. The van der Waals surface area contributed by atoms with Crippen LogP contribution < -0.4 is 15.4 Å². The van der Waals surface area contributed by atoms with Crippen molar-refractivity contribution in [2.24, 2.45) is 0 Å². The van der Waals surface area contributed by atoms with E-state index in [1.807, 2.05) is 12.1 Å². The maximum Gasteiger partial charge on any atom is 0.323 e. The van der Waals surface area contributed by atoms with Crippen molar-refractivity contribution in [3.8, 4) is 0 Å². The van der Waals surface area contributed by atoms with Gasteiger partial charge in [-0.25, -0.2) is 13.2 Å². The van der Waals surface area contributed by atoms with E-state index in [4.69, 9.17) is 0 Å². The molecule has 0 aromatic heterocycles. The van der Waals surface area contributed by atoms with Crippen LogP contribution >= 0.6 is 0 Å². The van der Waals surface area contributed by atoms with Gasteiger partial charge in [0.15, 0.2) is 0 Å². The van der Waals surface area contributed by atoms with Crippen molar-refractivity contribution in [2.75, 3.05) is 15.4 Å². The smallest absolute Gasteiger partial charge is 0.308 e. The molecule has 0 bridgehead atoms. The molecule has 9 nitrogen and oxygen atoms in total. The molecular weight excluding hydrogens is 456 g/mol.